The molecule has 1 aromatic rings. The summed E-state index contributed by atoms with van der Waals surface area (Å²) in [5.74, 6) is -1.07. The summed E-state index contributed by atoms with van der Waals surface area (Å²) in [6, 6.07) is 0. The lowest BCUT2D eigenvalue weighted by Crippen LogP contribution is -2.20. The van der Waals surface area contributed by atoms with E-state index in [0.717, 1.165) is 6.20 Å². The lowest BCUT2D eigenvalue weighted by atomic mass is 10.1. The van der Waals surface area contributed by atoms with Crippen molar-refractivity contribution in [2.45, 2.75) is 24.7 Å². The molecule has 0 aliphatic rings. The van der Waals surface area contributed by atoms with E-state index >= 15 is 0 Å². The summed E-state index contributed by atoms with van der Waals surface area (Å²) in [4.78, 5) is 3.19. The third-order valence-electron chi connectivity index (χ3n) is 1.98. The molecule has 0 aliphatic heterocycles. The van der Waals surface area contributed by atoms with E-state index in [-0.39, 0.29) is 16.5 Å². The van der Waals surface area contributed by atoms with Crippen molar-refractivity contribution in [2.75, 3.05) is 0 Å². The van der Waals surface area contributed by atoms with Crippen LogP contribution in [0.3, 0.4) is 0 Å². The third-order valence-corrected chi connectivity index (χ3v) is 2.54. The van der Waals surface area contributed by atoms with Crippen LogP contribution >= 0.6 is 15.9 Å². The molecule has 102 valence electrons. The number of ether oxygens (including phenoxy) is 1. The van der Waals surface area contributed by atoms with Gasteiger partial charge in [0, 0.05) is 22.7 Å². The van der Waals surface area contributed by atoms with Gasteiger partial charge >= 0.3 is 6.36 Å². The first-order valence-electron chi connectivity index (χ1n) is 4.51. The molecule has 0 aromatic carbocycles. The molecule has 0 atom stereocenters. The number of aliphatic hydroxyl groups excluding tert-OH is 1. The number of halogens is 6. The van der Waals surface area contributed by atoms with Crippen LogP contribution in [0.4, 0.5) is 22.0 Å². The van der Waals surface area contributed by atoms with Gasteiger partial charge in [-0.3, -0.25) is 4.98 Å². The molecule has 0 fully saturated rings. The average molecular weight is 336 g/mol. The van der Waals surface area contributed by atoms with Gasteiger partial charge in [-0.05, 0) is 0 Å². The molecule has 0 amide bonds. The number of nitrogens with zero attached hydrogens (tertiary/aromatic N) is 1. The monoisotopic (exact) mass is 335 g/mol. The van der Waals surface area contributed by atoms with Gasteiger partial charge in [-0.25, -0.2) is 8.78 Å². The van der Waals surface area contributed by atoms with Crippen LogP contribution in [-0.4, -0.2) is 16.5 Å². The zero-order valence-electron chi connectivity index (χ0n) is 8.64. The second kappa shape index (κ2) is 5.79. The first kappa shape index (κ1) is 15.1. The topological polar surface area (TPSA) is 42.4 Å². The molecule has 3 nitrogen and oxygen atoms in total. The highest BCUT2D eigenvalue weighted by Crippen LogP contribution is 2.37. The van der Waals surface area contributed by atoms with E-state index in [0.29, 0.717) is 0 Å². The number of aliphatic hydroxyl groups is 1. The fourth-order valence-electron chi connectivity index (χ4n) is 1.25. The van der Waals surface area contributed by atoms with Crippen LogP contribution in [0.1, 0.15) is 23.2 Å². The van der Waals surface area contributed by atoms with Gasteiger partial charge < -0.3 is 9.84 Å². The number of pyridine rings is 1. The maximum atomic E-state index is 12.6. The van der Waals surface area contributed by atoms with E-state index in [1.54, 1.807) is 0 Å². The highest BCUT2D eigenvalue weighted by Gasteiger charge is 2.35. The van der Waals surface area contributed by atoms with Crippen molar-refractivity contribution in [3.63, 3.8) is 0 Å². The number of rotatable bonds is 4. The van der Waals surface area contributed by atoms with Crippen LogP contribution in [0.5, 0.6) is 5.75 Å². The molecule has 9 heteroatoms. The summed E-state index contributed by atoms with van der Waals surface area (Å²) < 4.78 is 65.2. The number of alkyl halides is 6. The summed E-state index contributed by atoms with van der Waals surface area (Å²) in [6.07, 6.45) is -7.44. The van der Waals surface area contributed by atoms with E-state index in [2.05, 4.69) is 25.7 Å². The van der Waals surface area contributed by atoms with Gasteiger partial charge in [-0.2, -0.15) is 0 Å². The Bertz CT molecular complexity index is 424. The molecule has 1 aromatic heterocycles. The van der Waals surface area contributed by atoms with Gasteiger partial charge in [-0.15, -0.1) is 13.2 Å². The van der Waals surface area contributed by atoms with Gasteiger partial charge in [0.05, 0.1) is 6.61 Å². The maximum absolute atomic E-state index is 12.6. The summed E-state index contributed by atoms with van der Waals surface area (Å²) in [7, 11) is 0. The number of aromatic nitrogens is 1. The van der Waals surface area contributed by atoms with E-state index in [4.69, 9.17) is 5.11 Å². The third kappa shape index (κ3) is 3.52. The van der Waals surface area contributed by atoms with E-state index in [1.807, 2.05) is 0 Å². The average Bonchev–Trinajstić information content (AvgIpc) is 2.25. The lowest BCUT2D eigenvalue weighted by molar-refractivity contribution is -0.275. The lowest BCUT2D eigenvalue weighted by Gasteiger charge is -2.17. The van der Waals surface area contributed by atoms with E-state index < -0.39 is 30.8 Å². The minimum Gasteiger partial charge on any atom is -0.403 e. The molecule has 0 spiro atoms. The first-order chi connectivity index (χ1) is 8.30. The summed E-state index contributed by atoms with van der Waals surface area (Å²) in [6.45, 7) is -0.633. The molecule has 0 radical (unpaired) electrons. The first-order valence-corrected chi connectivity index (χ1v) is 5.63. The van der Waals surface area contributed by atoms with Crippen molar-refractivity contribution in [1.29, 1.82) is 0 Å². The van der Waals surface area contributed by atoms with Crippen molar-refractivity contribution < 1.29 is 31.8 Å². The second-order valence-electron chi connectivity index (χ2n) is 3.12. The molecule has 1 heterocycles. The number of hydrogen-bond donors (Lipinski definition) is 1. The predicted octanol–water partition coefficient (Wildman–Crippen LogP) is 3.31. The van der Waals surface area contributed by atoms with Crippen LogP contribution in [0.2, 0.25) is 0 Å². The molecule has 0 aliphatic carbocycles. The fraction of sp³-hybridized carbons (Fsp3) is 0.444. The van der Waals surface area contributed by atoms with E-state index in [1.165, 1.54) is 0 Å². The van der Waals surface area contributed by atoms with Crippen LogP contribution in [-0.2, 0) is 11.9 Å². The Kier molecular flexibility index (Phi) is 4.85. The largest absolute Gasteiger partial charge is 0.573 e. The minimum atomic E-state index is -5.11. The van der Waals surface area contributed by atoms with Crippen molar-refractivity contribution >= 4 is 15.9 Å². The quantitative estimate of drug-likeness (QED) is 0.678. The van der Waals surface area contributed by atoms with E-state index in [9.17, 15) is 22.0 Å². The van der Waals surface area contributed by atoms with Gasteiger partial charge in [0.15, 0.2) is 5.75 Å². The highest BCUT2D eigenvalue weighted by atomic mass is 79.9. The van der Waals surface area contributed by atoms with Crippen LogP contribution in [0.15, 0.2) is 6.20 Å². The molecule has 0 unspecified atom stereocenters. The standard InChI is InChI=1S/C9H7BrF5NO2/c10-1-5-4(3-17)2-16-6(8(11)12)7(5)18-9(13,14)15/h2,8,17H,1,3H2. The summed E-state index contributed by atoms with van der Waals surface area (Å²) in [5.41, 5.74) is -1.34. The van der Waals surface area contributed by atoms with Gasteiger partial charge in [0.25, 0.3) is 6.43 Å². The molecule has 1 N–H and O–H groups in total. The van der Waals surface area contributed by atoms with Gasteiger partial charge in [0.2, 0.25) is 0 Å². The Balaban J connectivity index is 3.38. The molecule has 0 bridgehead atoms. The Morgan fingerprint density at radius 3 is 2.39 bits per heavy atom. The van der Waals surface area contributed by atoms with Crippen LogP contribution in [0, 0.1) is 0 Å². The number of hydrogen-bond acceptors (Lipinski definition) is 3. The van der Waals surface area contributed by atoms with Gasteiger partial charge in [-0.1, -0.05) is 15.9 Å². The predicted molar refractivity (Wildman–Crippen MR) is 54.4 cm³/mol. The minimum absolute atomic E-state index is 0.0180. The zero-order valence-corrected chi connectivity index (χ0v) is 10.2. The normalized spacial score (nSPS) is 12.0. The smallest absolute Gasteiger partial charge is 0.403 e. The Labute approximate surface area is 107 Å². The molecule has 0 saturated carbocycles. The summed E-state index contributed by atoms with van der Waals surface area (Å²) in [5, 5.41) is 8.73. The molecular formula is C9H7BrF5NO2. The van der Waals surface area contributed by atoms with Crippen molar-refractivity contribution in [3.05, 3.63) is 23.0 Å². The Morgan fingerprint density at radius 1 is 1.39 bits per heavy atom. The fourth-order valence-corrected chi connectivity index (χ4v) is 1.87. The SMILES string of the molecule is OCc1cnc(C(F)F)c(OC(F)(F)F)c1CBr. The second-order valence-corrected chi connectivity index (χ2v) is 3.68. The summed E-state index contributed by atoms with van der Waals surface area (Å²) >= 11 is 2.86. The van der Waals surface area contributed by atoms with Crippen molar-refractivity contribution in [2.24, 2.45) is 0 Å². The molecular weight excluding hydrogens is 329 g/mol. The van der Waals surface area contributed by atoms with Crippen LogP contribution < -0.4 is 4.74 Å². The molecule has 0 saturated heterocycles. The van der Waals surface area contributed by atoms with Crippen LogP contribution in [0.25, 0.3) is 0 Å². The van der Waals surface area contributed by atoms with Crippen molar-refractivity contribution in [1.82, 2.24) is 4.98 Å². The Hall–Kier alpha value is -0.960. The Morgan fingerprint density at radius 2 is 2.00 bits per heavy atom. The molecule has 1 rings (SSSR count). The highest BCUT2D eigenvalue weighted by molar-refractivity contribution is 9.08. The van der Waals surface area contributed by atoms with Crippen molar-refractivity contribution in [3.8, 4) is 5.75 Å². The van der Waals surface area contributed by atoms with Gasteiger partial charge in [0.1, 0.15) is 5.69 Å². The molecule has 18 heavy (non-hydrogen) atoms. The maximum Gasteiger partial charge on any atom is 0.573 e. The zero-order chi connectivity index (χ0) is 13.9.